The molecule has 0 radical (unpaired) electrons. The van der Waals surface area contributed by atoms with Gasteiger partial charge < -0.3 is 19.9 Å². The van der Waals surface area contributed by atoms with Crippen molar-refractivity contribution in [3.8, 4) is 22.8 Å². The summed E-state index contributed by atoms with van der Waals surface area (Å²) < 4.78 is 35.6. The summed E-state index contributed by atoms with van der Waals surface area (Å²) in [5, 5.41) is 12.2. The third-order valence-corrected chi connectivity index (χ3v) is 5.95. The molecule has 7 nitrogen and oxygen atoms in total. The minimum atomic E-state index is -3.73. The van der Waals surface area contributed by atoms with Gasteiger partial charge in [0.1, 0.15) is 5.82 Å². The highest BCUT2D eigenvalue weighted by Crippen LogP contribution is 2.52. The Kier molecular flexibility index (Phi) is 4.75. The van der Waals surface area contributed by atoms with Gasteiger partial charge in [0.05, 0.1) is 21.7 Å². The van der Waals surface area contributed by atoms with Gasteiger partial charge in [0.2, 0.25) is 5.91 Å². The zero-order valence-corrected chi connectivity index (χ0v) is 17.5. The average Bonchev–Trinajstić information content (AvgIpc) is 3.51. The van der Waals surface area contributed by atoms with E-state index in [9.17, 15) is 23.5 Å². The van der Waals surface area contributed by atoms with E-state index in [0.29, 0.717) is 29.7 Å². The molecule has 33 heavy (non-hydrogen) atoms. The molecule has 0 spiro atoms. The van der Waals surface area contributed by atoms with E-state index in [1.165, 1.54) is 24.3 Å². The molecule has 2 aliphatic rings. The fourth-order valence-corrected chi connectivity index (χ4v) is 3.97. The number of rotatable bonds is 5. The van der Waals surface area contributed by atoms with Crippen LogP contribution in [0.1, 0.15) is 31.6 Å². The van der Waals surface area contributed by atoms with Gasteiger partial charge in [-0.25, -0.2) is 9.78 Å². The summed E-state index contributed by atoms with van der Waals surface area (Å²) >= 11 is 5.93. The maximum absolute atomic E-state index is 13.3. The van der Waals surface area contributed by atoms with Crippen LogP contribution in [0.2, 0.25) is 5.02 Å². The Morgan fingerprint density at radius 1 is 1.06 bits per heavy atom. The van der Waals surface area contributed by atoms with Gasteiger partial charge in [0, 0.05) is 8.42 Å². The Hall–Kier alpha value is -3.72. The lowest BCUT2D eigenvalue weighted by molar-refractivity contribution is -0.286. The first-order chi connectivity index (χ1) is 15.7. The van der Waals surface area contributed by atoms with Gasteiger partial charge >= 0.3 is 12.3 Å². The third-order valence-electron chi connectivity index (χ3n) is 5.62. The number of pyridine rings is 1. The van der Waals surface area contributed by atoms with Crippen LogP contribution in [0.3, 0.4) is 0 Å². The number of nitrogens with zero attached hydrogens (tertiary/aromatic N) is 1. The Morgan fingerprint density at radius 2 is 1.82 bits per heavy atom. The molecule has 1 aliphatic carbocycles. The Bertz CT molecular complexity index is 1320. The van der Waals surface area contributed by atoms with Gasteiger partial charge in [0.15, 0.2) is 11.5 Å². The van der Waals surface area contributed by atoms with E-state index < -0.39 is 17.7 Å². The van der Waals surface area contributed by atoms with Crippen LogP contribution in [0, 0.1) is 0 Å². The van der Waals surface area contributed by atoms with Crippen LogP contribution in [0.15, 0.2) is 54.6 Å². The number of nitrogens with one attached hydrogen (secondary N) is 1. The molecule has 1 aromatic heterocycles. The standard InChI is InChI=1S/C23H15ClF2N2O5.2H2/c24-15-6-4-12(10-14(15)20(29)30)16-2-1-3-19(27-16)28-21(31)22(8-9-22)13-5-7-17-18(11-13)33-23(25,26)32-17;;/h1-7,10-11H,8-9H2,(H,29,30)(H,27,28,31);2*1H. The minimum absolute atomic E-state index is 0. The summed E-state index contributed by atoms with van der Waals surface area (Å²) in [5.41, 5.74) is 0.564. The van der Waals surface area contributed by atoms with Crippen LogP contribution >= 0.6 is 11.6 Å². The fraction of sp³-hybridized carbons (Fsp3) is 0.174. The first kappa shape index (κ1) is 21.1. The van der Waals surface area contributed by atoms with E-state index in [1.54, 1.807) is 30.3 Å². The number of halogens is 3. The first-order valence-corrected chi connectivity index (χ1v) is 10.3. The quantitative estimate of drug-likeness (QED) is 0.498. The van der Waals surface area contributed by atoms with E-state index >= 15 is 0 Å². The van der Waals surface area contributed by atoms with Crippen molar-refractivity contribution in [2.45, 2.75) is 24.6 Å². The average molecular weight is 477 g/mol. The highest BCUT2D eigenvalue weighted by molar-refractivity contribution is 6.33. The van der Waals surface area contributed by atoms with E-state index in [1.807, 2.05) is 0 Å². The van der Waals surface area contributed by atoms with Gasteiger partial charge in [-0.2, -0.15) is 0 Å². The molecule has 10 heteroatoms. The fourth-order valence-electron chi connectivity index (χ4n) is 3.77. The van der Waals surface area contributed by atoms with Crippen molar-refractivity contribution < 1.29 is 35.8 Å². The number of carboxylic acid groups (broad SMARTS) is 1. The molecule has 0 atom stereocenters. The number of hydrogen-bond donors (Lipinski definition) is 2. The zero-order chi connectivity index (χ0) is 23.4. The van der Waals surface area contributed by atoms with Gasteiger partial charge in [0.25, 0.3) is 0 Å². The number of alkyl halides is 2. The summed E-state index contributed by atoms with van der Waals surface area (Å²) in [6.45, 7) is 0. The van der Waals surface area contributed by atoms with Gasteiger partial charge in [-0.15, -0.1) is 8.78 Å². The van der Waals surface area contributed by atoms with Crippen molar-refractivity contribution >= 4 is 29.3 Å². The molecular weight excluding hydrogens is 458 g/mol. The predicted octanol–water partition coefficient (Wildman–Crippen LogP) is 5.58. The lowest BCUT2D eigenvalue weighted by Gasteiger charge is -2.16. The molecule has 172 valence electrons. The van der Waals surface area contributed by atoms with Crippen molar-refractivity contribution in [2.75, 3.05) is 5.32 Å². The number of anilines is 1. The second-order valence-electron chi connectivity index (χ2n) is 7.77. The number of ether oxygens (including phenoxy) is 2. The SMILES string of the molecule is O=C(O)c1cc(-c2cccc(NC(=O)C3(c4ccc5c(c4)OC(F)(F)O5)CC3)n2)ccc1Cl.[HH].[HH]. The number of fused-ring (bicyclic) bond motifs is 1. The Labute approximate surface area is 193 Å². The topological polar surface area (TPSA) is 97.8 Å². The maximum Gasteiger partial charge on any atom is 0.586 e. The monoisotopic (exact) mass is 476 g/mol. The molecular formula is C23H19ClF2N2O5. The lowest BCUT2D eigenvalue weighted by atomic mass is 9.94. The largest absolute Gasteiger partial charge is 0.586 e. The molecule has 2 aromatic carbocycles. The van der Waals surface area contributed by atoms with Gasteiger partial charge in [-0.3, -0.25) is 4.79 Å². The molecule has 1 amide bonds. The molecule has 1 fully saturated rings. The second-order valence-corrected chi connectivity index (χ2v) is 8.18. The third kappa shape index (κ3) is 3.84. The molecule has 1 aliphatic heterocycles. The van der Waals surface area contributed by atoms with Crippen molar-refractivity contribution in [1.29, 1.82) is 0 Å². The van der Waals surface area contributed by atoms with Gasteiger partial charge in [-0.05, 0) is 54.8 Å². The number of aromatic carboxylic acids is 1. The Morgan fingerprint density at radius 3 is 2.55 bits per heavy atom. The van der Waals surface area contributed by atoms with Crippen molar-refractivity contribution in [3.63, 3.8) is 0 Å². The number of aromatic nitrogens is 1. The van der Waals surface area contributed by atoms with Crippen LogP contribution in [-0.2, 0) is 10.2 Å². The predicted molar refractivity (Wildman–Crippen MR) is 118 cm³/mol. The highest BCUT2D eigenvalue weighted by atomic mass is 35.5. The van der Waals surface area contributed by atoms with Crippen molar-refractivity contribution in [2.24, 2.45) is 0 Å². The maximum atomic E-state index is 13.3. The van der Waals surface area contributed by atoms with E-state index in [-0.39, 0.29) is 36.7 Å². The van der Waals surface area contributed by atoms with Crippen LogP contribution in [0.5, 0.6) is 11.5 Å². The number of carboxylic acids is 1. The number of carbonyl (C=O) groups is 2. The van der Waals surface area contributed by atoms with Crippen molar-refractivity contribution in [1.82, 2.24) is 4.98 Å². The van der Waals surface area contributed by atoms with Crippen LogP contribution in [0.25, 0.3) is 11.3 Å². The molecule has 0 unspecified atom stereocenters. The normalized spacial score (nSPS) is 16.8. The van der Waals surface area contributed by atoms with Gasteiger partial charge in [-0.1, -0.05) is 29.8 Å². The first-order valence-electron chi connectivity index (χ1n) is 9.89. The number of benzene rings is 2. The number of amides is 1. The van der Waals surface area contributed by atoms with E-state index in [0.717, 1.165) is 0 Å². The van der Waals surface area contributed by atoms with Crippen LogP contribution in [-0.4, -0.2) is 28.3 Å². The summed E-state index contributed by atoms with van der Waals surface area (Å²) in [7, 11) is 0. The minimum Gasteiger partial charge on any atom is -0.478 e. The summed E-state index contributed by atoms with van der Waals surface area (Å²) in [6.07, 6.45) is -2.66. The molecule has 5 rings (SSSR count). The molecule has 3 aromatic rings. The van der Waals surface area contributed by atoms with Crippen LogP contribution in [0.4, 0.5) is 14.6 Å². The number of carbonyl (C=O) groups excluding carboxylic acids is 1. The molecule has 2 N–H and O–H groups in total. The molecule has 1 saturated carbocycles. The smallest absolute Gasteiger partial charge is 0.478 e. The Balaban J connectivity index is 0.00000171. The molecule has 0 saturated heterocycles. The zero-order valence-electron chi connectivity index (χ0n) is 16.8. The lowest BCUT2D eigenvalue weighted by Crippen LogP contribution is -2.28. The second kappa shape index (κ2) is 7.41. The summed E-state index contributed by atoms with van der Waals surface area (Å²) in [4.78, 5) is 28.9. The van der Waals surface area contributed by atoms with Crippen LogP contribution < -0.4 is 14.8 Å². The summed E-state index contributed by atoms with van der Waals surface area (Å²) in [6, 6.07) is 13.8. The van der Waals surface area contributed by atoms with Crippen molar-refractivity contribution in [3.05, 3.63) is 70.7 Å². The highest BCUT2D eigenvalue weighted by Gasteiger charge is 2.53. The summed E-state index contributed by atoms with van der Waals surface area (Å²) in [5.74, 6) is -1.43. The van der Waals surface area contributed by atoms with E-state index in [2.05, 4.69) is 19.8 Å². The molecule has 2 heterocycles. The number of hydrogen-bond acceptors (Lipinski definition) is 5. The van der Waals surface area contributed by atoms with E-state index in [4.69, 9.17) is 11.6 Å². The molecule has 0 bridgehead atoms.